The second kappa shape index (κ2) is 9.71. The molecule has 0 saturated heterocycles. The number of carboxylic acids is 1. The quantitative estimate of drug-likeness (QED) is 0.458. The van der Waals surface area contributed by atoms with Crippen LogP contribution in [0.25, 0.3) is 0 Å². The van der Waals surface area contributed by atoms with Crippen LogP contribution in [0, 0.1) is 0 Å². The summed E-state index contributed by atoms with van der Waals surface area (Å²) in [7, 11) is 0. The molecule has 0 heterocycles. The highest BCUT2D eigenvalue weighted by Crippen LogP contribution is 2.07. The number of aliphatic hydroxyl groups is 1. The number of aliphatic hydroxyl groups excluding tert-OH is 1. The first-order valence-electron chi connectivity index (χ1n) is 5.67. The van der Waals surface area contributed by atoms with Gasteiger partial charge < -0.3 is 10.2 Å². The molecule has 3 nitrogen and oxygen atoms in total. The zero-order valence-electron chi connectivity index (χ0n) is 9.48. The van der Waals surface area contributed by atoms with Crippen LogP contribution in [-0.4, -0.2) is 22.3 Å². The van der Waals surface area contributed by atoms with Crippen molar-refractivity contribution < 1.29 is 15.0 Å². The van der Waals surface area contributed by atoms with Crippen LogP contribution < -0.4 is 0 Å². The second-order valence-electron chi connectivity index (χ2n) is 3.91. The van der Waals surface area contributed by atoms with Gasteiger partial charge in [0.1, 0.15) is 0 Å². The number of hydrogen-bond acceptors (Lipinski definition) is 2. The zero-order valence-corrected chi connectivity index (χ0v) is 9.48. The number of hydrogen-bond donors (Lipinski definition) is 2. The molecule has 0 aromatic heterocycles. The molecule has 88 valence electrons. The van der Waals surface area contributed by atoms with Crippen molar-refractivity contribution in [1.29, 1.82) is 0 Å². The highest BCUT2D eigenvalue weighted by Gasteiger charge is 1.94. The van der Waals surface area contributed by atoms with Crippen molar-refractivity contribution >= 4 is 5.97 Å². The monoisotopic (exact) mass is 214 g/mol. The van der Waals surface area contributed by atoms with E-state index in [2.05, 4.69) is 0 Å². The van der Waals surface area contributed by atoms with Gasteiger partial charge in [-0.05, 0) is 26.2 Å². The van der Waals surface area contributed by atoms with Gasteiger partial charge in [-0.3, -0.25) is 4.79 Å². The molecule has 0 aromatic carbocycles. The second-order valence-corrected chi connectivity index (χ2v) is 3.91. The van der Waals surface area contributed by atoms with E-state index >= 15 is 0 Å². The van der Waals surface area contributed by atoms with Crippen molar-refractivity contribution in [2.75, 3.05) is 0 Å². The largest absolute Gasteiger partial charge is 0.481 e. The van der Waals surface area contributed by atoms with E-state index in [-0.39, 0.29) is 12.5 Å². The summed E-state index contributed by atoms with van der Waals surface area (Å²) in [6.07, 6.45) is 9.93. The SMILES string of the molecule is CC(O)CCCCCC/C=C\CC(=O)O. The van der Waals surface area contributed by atoms with Crippen LogP contribution in [0.15, 0.2) is 12.2 Å². The van der Waals surface area contributed by atoms with Crippen molar-refractivity contribution in [3.63, 3.8) is 0 Å². The molecular weight excluding hydrogens is 192 g/mol. The molecular formula is C12H22O3. The summed E-state index contributed by atoms with van der Waals surface area (Å²) in [4.78, 5) is 10.2. The lowest BCUT2D eigenvalue weighted by atomic mass is 10.1. The lowest BCUT2D eigenvalue weighted by Gasteiger charge is -2.02. The van der Waals surface area contributed by atoms with E-state index in [4.69, 9.17) is 10.2 Å². The van der Waals surface area contributed by atoms with Gasteiger partial charge in [-0.15, -0.1) is 0 Å². The van der Waals surface area contributed by atoms with Gasteiger partial charge in [0.05, 0.1) is 12.5 Å². The van der Waals surface area contributed by atoms with Gasteiger partial charge in [-0.2, -0.15) is 0 Å². The van der Waals surface area contributed by atoms with E-state index in [9.17, 15) is 4.79 Å². The Kier molecular flexibility index (Phi) is 9.18. The van der Waals surface area contributed by atoms with Crippen LogP contribution in [-0.2, 0) is 4.79 Å². The predicted octanol–water partition coefficient (Wildman–Crippen LogP) is 2.74. The van der Waals surface area contributed by atoms with Crippen molar-refractivity contribution in [2.45, 2.75) is 58.0 Å². The molecule has 0 aliphatic rings. The Labute approximate surface area is 91.8 Å². The highest BCUT2D eigenvalue weighted by atomic mass is 16.4. The fourth-order valence-electron chi connectivity index (χ4n) is 1.36. The van der Waals surface area contributed by atoms with Crippen LogP contribution in [0.5, 0.6) is 0 Å². The molecule has 0 amide bonds. The third kappa shape index (κ3) is 13.2. The van der Waals surface area contributed by atoms with Gasteiger partial charge in [-0.1, -0.05) is 31.4 Å². The highest BCUT2D eigenvalue weighted by molar-refractivity contribution is 5.68. The van der Waals surface area contributed by atoms with E-state index in [1.807, 2.05) is 13.0 Å². The van der Waals surface area contributed by atoms with Crippen LogP contribution in [0.2, 0.25) is 0 Å². The Hall–Kier alpha value is -0.830. The molecule has 0 saturated carbocycles. The molecule has 0 aliphatic heterocycles. The molecule has 2 N–H and O–H groups in total. The molecule has 0 aliphatic carbocycles. The third-order valence-electron chi connectivity index (χ3n) is 2.20. The molecule has 3 heteroatoms. The maximum atomic E-state index is 10.2. The number of unbranched alkanes of at least 4 members (excludes halogenated alkanes) is 4. The minimum Gasteiger partial charge on any atom is -0.481 e. The Morgan fingerprint density at radius 1 is 1.20 bits per heavy atom. The maximum absolute atomic E-state index is 10.2. The van der Waals surface area contributed by atoms with E-state index in [0.717, 1.165) is 38.5 Å². The van der Waals surface area contributed by atoms with Crippen LogP contribution in [0.4, 0.5) is 0 Å². The van der Waals surface area contributed by atoms with Gasteiger partial charge in [0, 0.05) is 0 Å². The lowest BCUT2D eigenvalue weighted by molar-refractivity contribution is -0.136. The summed E-state index contributed by atoms with van der Waals surface area (Å²) in [6.45, 7) is 1.81. The summed E-state index contributed by atoms with van der Waals surface area (Å²) < 4.78 is 0. The van der Waals surface area contributed by atoms with Crippen molar-refractivity contribution in [3.8, 4) is 0 Å². The van der Waals surface area contributed by atoms with E-state index in [0.29, 0.717) is 0 Å². The van der Waals surface area contributed by atoms with Gasteiger partial charge in [0.25, 0.3) is 0 Å². The smallest absolute Gasteiger partial charge is 0.307 e. The Bertz CT molecular complexity index is 185. The molecule has 0 rings (SSSR count). The first-order valence-corrected chi connectivity index (χ1v) is 5.67. The summed E-state index contributed by atoms with van der Waals surface area (Å²) in [5.41, 5.74) is 0. The summed E-state index contributed by atoms with van der Waals surface area (Å²) >= 11 is 0. The number of allylic oxidation sites excluding steroid dienone is 1. The summed E-state index contributed by atoms with van der Waals surface area (Å²) in [5, 5.41) is 17.4. The molecule has 15 heavy (non-hydrogen) atoms. The van der Waals surface area contributed by atoms with Crippen molar-refractivity contribution in [2.24, 2.45) is 0 Å². The van der Waals surface area contributed by atoms with Gasteiger partial charge >= 0.3 is 5.97 Å². The zero-order chi connectivity index (χ0) is 11.5. The maximum Gasteiger partial charge on any atom is 0.307 e. The molecule has 1 atom stereocenters. The average Bonchev–Trinajstić information content (AvgIpc) is 2.14. The number of rotatable bonds is 9. The topological polar surface area (TPSA) is 57.5 Å². The summed E-state index contributed by atoms with van der Waals surface area (Å²) in [5.74, 6) is -0.775. The van der Waals surface area contributed by atoms with Gasteiger partial charge in [0.15, 0.2) is 0 Å². The van der Waals surface area contributed by atoms with E-state index < -0.39 is 5.97 Å². The van der Waals surface area contributed by atoms with Crippen LogP contribution in [0.3, 0.4) is 0 Å². The molecule has 0 aromatic rings. The Morgan fingerprint density at radius 2 is 1.87 bits per heavy atom. The fourth-order valence-corrected chi connectivity index (χ4v) is 1.36. The molecule has 0 radical (unpaired) electrons. The lowest BCUT2D eigenvalue weighted by Crippen LogP contribution is -1.98. The fraction of sp³-hybridized carbons (Fsp3) is 0.750. The normalized spacial score (nSPS) is 13.2. The average molecular weight is 214 g/mol. The molecule has 1 unspecified atom stereocenters. The first kappa shape index (κ1) is 14.2. The van der Waals surface area contributed by atoms with Crippen molar-refractivity contribution in [1.82, 2.24) is 0 Å². The number of carboxylic acid groups (broad SMARTS) is 1. The number of carbonyl (C=O) groups is 1. The van der Waals surface area contributed by atoms with Gasteiger partial charge in [-0.25, -0.2) is 0 Å². The van der Waals surface area contributed by atoms with Crippen LogP contribution >= 0.6 is 0 Å². The first-order chi connectivity index (χ1) is 7.13. The summed E-state index contributed by atoms with van der Waals surface area (Å²) in [6, 6.07) is 0. The minimum atomic E-state index is -0.775. The number of aliphatic carboxylic acids is 1. The standard InChI is InChI=1S/C12H22O3/c1-11(13)9-7-5-3-2-4-6-8-10-12(14)15/h6,8,11,13H,2-5,7,9-10H2,1H3,(H,14,15)/b8-6-. The Morgan fingerprint density at radius 3 is 2.47 bits per heavy atom. The van der Waals surface area contributed by atoms with E-state index in [1.54, 1.807) is 6.08 Å². The van der Waals surface area contributed by atoms with Crippen molar-refractivity contribution in [3.05, 3.63) is 12.2 Å². The van der Waals surface area contributed by atoms with Gasteiger partial charge in [0.2, 0.25) is 0 Å². The minimum absolute atomic E-state index is 0.127. The van der Waals surface area contributed by atoms with E-state index in [1.165, 1.54) is 0 Å². The predicted molar refractivity (Wildman–Crippen MR) is 60.8 cm³/mol. The molecule has 0 bridgehead atoms. The Balaban J connectivity index is 3.11. The van der Waals surface area contributed by atoms with Crippen LogP contribution in [0.1, 0.15) is 51.9 Å². The molecule has 0 spiro atoms. The third-order valence-corrected chi connectivity index (χ3v) is 2.20. The molecule has 0 fully saturated rings.